The zero-order chi connectivity index (χ0) is 15.0. The van der Waals surface area contributed by atoms with Crippen LogP contribution in [-0.2, 0) is 6.54 Å². The molecule has 0 radical (unpaired) electrons. The van der Waals surface area contributed by atoms with Crippen molar-refractivity contribution in [2.45, 2.75) is 20.4 Å². The summed E-state index contributed by atoms with van der Waals surface area (Å²) in [6, 6.07) is 7.68. The maximum atomic E-state index is 12.5. The number of aromatic amines is 1. The number of amides is 1. The van der Waals surface area contributed by atoms with Gasteiger partial charge in [-0.1, -0.05) is 16.8 Å². The van der Waals surface area contributed by atoms with Crippen molar-refractivity contribution in [1.29, 1.82) is 0 Å². The van der Waals surface area contributed by atoms with Gasteiger partial charge < -0.3 is 9.42 Å². The minimum Gasteiger partial charge on any atom is -0.361 e. The van der Waals surface area contributed by atoms with Gasteiger partial charge >= 0.3 is 0 Å². The van der Waals surface area contributed by atoms with Crippen molar-refractivity contribution in [1.82, 2.24) is 20.3 Å². The summed E-state index contributed by atoms with van der Waals surface area (Å²) in [6.45, 7) is 4.20. The van der Waals surface area contributed by atoms with Gasteiger partial charge in [0.25, 0.3) is 5.91 Å². The molecule has 0 aliphatic heterocycles. The molecule has 1 aromatic carbocycles. The van der Waals surface area contributed by atoms with Crippen molar-refractivity contribution >= 4 is 16.8 Å². The lowest BCUT2D eigenvalue weighted by Crippen LogP contribution is -2.26. The van der Waals surface area contributed by atoms with Crippen molar-refractivity contribution in [3.05, 3.63) is 47.0 Å². The van der Waals surface area contributed by atoms with E-state index in [-0.39, 0.29) is 5.91 Å². The zero-order valence-corrected chi connectivity index (χ0v) is 12.2. The van der Waals surface area contributed by atoms with E-state index in [1.54, 1.807) is 11.9 Å². The average molecular weight is 284 g/mol. The first-order chi connectivity index (χ1) is 10.0. The van der Waals surface area contributed by atoms with Gasteiger partial charge in [0.05, 0.1) is 12.1 Å². The number of aryl methyl sites for hydroxylation is 2. The molecule has 0 unspecified atom stereocenters. The molecule has 0 bridgehead atoms. The summed E-state index contributed by atoms with van der Waals surface area (Å²) in [7, 11) is 1.72. The molecule has 2 heterocycles. The number of H-pyrrole nitrogens is 1. The summed E-state index contributed by atoms with van der Waals surface area (Å²) in [5.41, 5.74) is 3.10. The van der Waals surface area contributed by atoms with Gasteiger partial charge in [-0.2, -0.15) is 5.10 Å². The van der Waals surface area contributed by atoms with Crippen LogP contribution in [0.2, 0.25) is 0 Å². The molecule has 0 saturated heterocycles. The summed E-state index contributed by atoms with van der Waals surface area (Å²) in [5.74, 6) is 0.583. The first-order valence-corrected chi connectivity index (χ1v) is 6.67. The molecule has 0 aliphatic rings. The van der Waals surface area contributed by atoms with Crippen LogP contribution in [-0.4, -0.2) is 33.2 Å². The first kappa shape index (κ1) is 13.4. The van der Waals surface area contributed by atoms with E-state index in [2.05, 4.69) is 15.4 Å². The first-order valence-electron chi connectivity index (χ1n) is 6.67. The second-order valence-electron chi connectivity index (χ2n) is 5.21. The van der Waals surface area contributed by atoms with Crippen LogP contribution in [0.1, 0.15) is 27.5 Å². The van der Waals surface area contributed by atoms with Crippen LogP contribution >= 0.6 is 0 Å². The molecule has 1 amide bonds. The van der Waals surface area contributed by atoms with Crippen molar-refractivity contribution in [3.63, 3.8) is 0 Å². The summed E-state index contributed by atoms with van der Waals surface area (Å²) in [5, 5.41) is 11.8. The molecule has 2 aromatic heterocycles. The molecule has 6 heteroatoms. The minimum absolute atomic E-state index is 0.146. The molecule has 6 nitrogen and oxygen atoms in total. The summed E-state index contributed by atoms with van der Waals surface area (Å²) in [6.07, 6.45) is 0. The maximum absolute atomic E-state index is 12.5. The molecular formula is C15H16N4O2. The van der Waals surface area contributed by atoms with E-state index in [9.17, 15) is 4.79 Å². The predicted molar refractivity (Wildman–Crippen MR) is 77.9 cm³/mol. The van der Waals surface area contributed by atoms with E-state index in [0.29, 0.717) is 12.2 Å². The number of fused-ring (bicyclic) bond motifs is 1. The van der Waals surface area contributed by atoms with Gasteiger partial charge in [-0.3, -0.25) is 9.89 Å². The van der Waals surface area contributed by atoms with Crippen LogP contribution in [0.25, 0.3) is 10.9 Å². The molecule has 3 rings (SSSR count). The third kappa shape index (κ3) is 2.52. The van der Waals surface area contributed by atoms with E-state index < -0.39 is 0 Å². The van der Waals surface area contributed by atoms with Crippen LogP contribution < -0.4 is 0 Å². The van der Waals surface area contributed by atoms with Gasteiger partial charge in [0.1, 0.15) is 11.5 Å². The molecule has 0 fully saturated rings. The largest absolute Gasteiger partial charge is 0.361 e. The van der Waals surface area contributed by atoms with E-state index in [0.717, 1.165) is 27.9 Å². The van der Waals surface area contributed by atoms with Crippen LogP contribution in [0.3, 0.4) is 0 Å². The lowest BCUT2D eigenvalue weighted by molar-refractivity contribution is 0.0778. The fourth-order valence-corrected chi connectivity index (χ4v) is 2.28. The topological polar surface area (TPSA) is 75.0 Å². The van der Waals surface area contributed by atoms with Crippen molar-refractivity contribution in [3.8, 4) is 0 Å². The second kappa shape index (κ2) is 5.05. The Labute approximate surface area is 121 Å². The number of hydrogen-bond donors (Lipinski definition) is 1. The highest BCUT2D eigenvalue weighted by atomic mass is 16.5. The quantitative estimate of drug-likeness (QED) is 0.801. The Morgan fingerprint density at radius 3 is 2.86 bits per heavy atom. The number of rotatable bonds is 3. The molecule has 0 saturated carbocycles. The van der Waals surface area contributed by atoms with E-state index in [4.69, 9.17) is 4.52 Å². The molecule has 3 aromatic rings. The van der Waals surface area contributed by atoms with Gasteiger partial charge in [0.15, 0.2) is 5.69 Å². The third-order valence-electron chi connectivity index (χ3n) is 3.34. The summed E-state index contributed by atoms with van der Waals surface area (Å²) < 4.78 is 5.01. The van der Waals surface area contributed by atoms with Crippen molar-refractivity contribution in [2.24, 2.45) is 0 Å². The van der Waals surface area contributed by atoms with Gasteiger partial charge in [-0.05, 0) is 26.0 Å². The van der Waals surface area contributed by atoms with Gasteiger partial charge in [-0.25, -0.2) is 0 Å². The number of nitrogens with one attached hydrogen (secondary N) is 1. The molecule has 21 heavy (non-hydrogen) atoms. The maximum Gasteiger partial charge on any atom is 0.275 e. The highest BCUT2D eigenvalue weighted by Gasteiger charge is 2.19. The number of hydrogen-bond acceptors (Lipinski definition) is 4. The number of benzene rings is 1. The summed E-state index contributed by atoms with van der Waals surface area (Å²) >= 11 is 0. The van der Waals surface area contributed by atoms with E-state index in [1.165, 1.54) is 0 Å². The van der Waals surface area contributed by atoms with E-state index >= 15 is 0 Å². The van der Waals surface area contributed by atoms with Crippen LogP contribution in [0.15, 0.2) is 28.8 Å². The SMILES string of the molecule is Cc1ccc2[nH]nc(C(=O)N(C)Cc3cc(C)on3)c2c1. The van der Waals surface area contributed by atoms with Gasteiger partial charge in [-0.15, -0.1) is 0 Å². The molecule has 1 N–H and O–H groups in total. The summed E-state index contributed by atoms with van der Waals surface area (Å²) in [4.78, 5) is 14.1. The molecule has 0 aliphatic carbocycles. The highest BCUT2D eigenvalue weighted by Crippen LogP contribution is 2.19. The Morgan fingerprint density at radius 1 is 1.33 bits per heavy atom. The lowest BCUT2D eigenvalue weighted by Gasteiger charge is -2.14. The Kier molecular flexibility index (Phi) is 3.21. The van der Waals surface area contributed by atoms with Crippen LogP contribution in [0, 0.1) is 13.8 Å². The predicted octanol–water partition coefficient (Wildman–Crippen LogP) is 2.44. The Hall–Kier alpha value is -2.63. The minimum atomic E-state index is -0.146. The van der Waals surface area contributed by atoms with Gasteiger partial charge in [0, 0.05) is 18.5 Å². The molecular weight excluding hydrogens is 268 g/mol. The Balaban J connectivity index is 1.87. The average Bonchev–Trinajstić information content (AvgIpc) is 3.04. The number of carbonyl (C=O) groups is 1. The van der Waals surface area contributed by atoms with Crippen LogP contribution in [0.4, 0.5) is 0 Å². The zero-order valence-electron chi connectivity index (χ0n) is 12.2. The Bertz CT molecular complexity index is 803. The Morgan fingerprint density at radius 2 is 2.14 bits per heavy atom. The third-order valence-corrected chi connectivity index (χ3v) is 3.34. The van der Waals surface area contributed by atoms with Crippen molar-refractivity contribution < 1.29 is 9.32 Å². The standard InChI is InChI=1S/C15H16N4O2/c1-9-4-5-13-12(6-9)14(17-16-13)15(20)19(3)8-11-7-10(2)21-18-11/h4-7H,8H2,1-3H3,(H,16,17). The van der Waals surface area contributed by atoms with E-state index in [1.807, 2.05) is 38.1 Å². The molecule has 108 valence electrons. The fourth-order valence-electron chi connectivity index (χ4n) is 2.28. The molecule has 0 spiro atoms. The highest BCUT2D eigenvalue weighted by molar-refractivity contribution is 6.04. The van der Waals surface area contributed by atoms with Crippen LogP contribution in [0.5, 0.6) is 0 Å². The number of aromatic nitrogens is 3. The smallest absolute Gasteiger partial charge is 0.275 e. The lowest BCUT2D eigenvalue weighted by atomic mass is 10.1. The number of carbonyl (C=O) groups excluding carboxylic acids is 1. The number of nitrogens with zero attached hydrogens (tertiary/aromatic N) is 3. The monoisotopic (exact) mass is 284 g/mol. The van der Waals surface area contributed by atoms with Crippen molar-refractivity contribution in [2.75, 3.05) is 7.05 Å². The van der Waals surface area contributed by atoms with Gasteiger partial charge in [0.2, 0.25) is 0 Å². The fraction of sp³-hybridized carbons (Fsp3) is 0.267. The normalized spacial score (nSPS) is 11.0. The second-order valence-corrected chi connectivity index (χ2v) is 5.21. The molecule has 0 atom stereocenters.